The molecule has 35 heavy (non-hydrogen) atoms. The fourth-order valence-electron chi connectivity index (χ4n) is 4.65. The molecule has 4 rings (SSSR count). The van der Waals surface area contributed by atoms with Crippen molar-refractivity contribution in [3.05, 3.63) is 53.4 Å². The zero-order valence-electron chi connectivity index (χ0n) is 19.8. The molecule has 0 spiro atoms. The molecule has 1 saturated heterocycles. The number of ether oxygens (including phenoxy) is 1. The molecule has 1 N–H and O–H groups in total. The van der Waals surface area contributed by atoms with Crippen LogP contribution in [-0.4, -0.2) is 77.8 Å². The molecule has 2 aliphatic rings. The summed E-state index contributed by atoms with van der Waals surface area (Å²) in [4.78, 5) is 16.6. The third-order valence-electron chi connectivity index (χ3n) is 6.52. The Labute approximate surface area is 211 Å². The van der Waals surface area contributed by atoms with Crippen molar-refractivity contribution in [2.75, 3.05) is 37.7 Å². The average Bonchev–Trinajstić information content (AvgIpc) is 3.30. The van der Waals surface area contributed by atoms with Crippen molar-refractivity contribution in [1.29, 1.82) is 0 Å². The average molecular weight is 565 g/mol. The Balaban J connectivity index is 1.68. The molecule has 1 unspecified atom stereocenters. The molecular weight excluding hydrogens is 534 g/mol. The van der Waals surface area contributed by atoms with Crippen molar-refractivity contribution < 1.29 is 27.4 Å². The second-order valence-corrected chi connectivity index (χ2v) is 16.1. The van der Waals surface area contributed by atoms with Gasteiger partial charge in [0.2, 0.25) is 0 Å². The van der Waals surface area contributed by atoms with E-state index in [2.05, 4.69) is 9.80 Å². The quantitative estimate of drug-likeness (QED) is 0.469. The van der Waals surface area contributed by atoms with Gasteiger partial charge < -0.3 is 0 Å². The topological polar surface area (TPSA) is 87.2 Å². The number of carbonyl (C=O) groups is 1. The van der Waals surface area contributed by atoms with Crippen molar-refractivity contribution in [3.63, 3.8) is 0 Å². The molecule has 7 nitrogen and oxygen atoms in total. The van der Waals surface area contributed by atoms with Crippen molar-refractivity contribution in [1.82, 2.24) is 4.90 Å². The SMILES string of the molecule is CCN(CC)C/C=C\c1cc(F)ccc1S(=O)(=O)[AsH]c1ccc2c(c1C(=O)O)OC[C@H]1CCCN21. The van der Waals surface area contributed by atoms with Crippen LogP contribution in [0.25, 0.3) is 6.08 Å². The molecule has 2 aromatic carbocycles. The van der Waals surface area contributed by atoms with E-state index in [1.807, 2.05) is 19.9 Å². The van der Waals surface area contributed by atoms with Crippen molar-refractivity contribution in [3.8, 4) is 5.75 Å². The Bertz CT molecular complexity index is 1250. The van der Waals surface area contributed by atoms with E-state index in [9.17, 15) is 22.7 Å². The Morgan fingerprint density at radius 1 is 1.29 bits per heavy atom. The van der Waals surface area contributed by atoms with E-state index in [-0.39, 0.29) is 32.2 Å². The number of carboxylic acid groups (broad SMARTS) is 1. The summed E-state index contributed by atoms with van der Waals surface area (Å²) >= 11 is -2.00. The molecule has 188 valence electrons. The van der Waals surface area contributed by atoms with Crippen LogP contribution < -0.4 is 14.0 Å². The second kappa shape index (κ2) is 10.7. The first-order valence-electron chi connectivity index (χ1n) is 11.8. The Morgan fingerprint density at radius 2 is 2.06 bits per heavy atom. The number of rotatable bonds is 9. The van der Waals surface area contributed by atoms with Gasteiger partial charge in [-0.05, 0) is 0 Å². The van der Waals surface area contributed by atoms with Crippen LogP contribution in [0.2, 0.25) is 0 Å². The minimum atomic E-state index is -3.86. The Hall–Kier alpha value is -2.35. The minimum absolute atomic E-state index is 0.0179. The molecule has 2 atom stereocenters. The van der Waals surface area contributed by atoms with Crippen LogP contribution in [-0.2, 0) is 8.10 Å². The number of carboxylic acids is 1. The molecule has 2 heterocycles. The van der Waals surface area contributed by atoms with E-state index in [0.29, 0.717) is 18.8 Å². The molecule has 0 radical (unpaired) electrons. The van der Waals surface area contributed by atoms with E-state index >= 15 is 0 Å². The van der Waals surface area contributed by atoms with Crippen LogP contribution in [0.3, 0.4) is 0 Å². The van der Waals surface area contributed by atoms with Crippen LogP contribution in [0.15, 0.2) is 41.3 Å². The predicted octanol–water partition coefficient (Wildman–Crippen LogP) is 2.69. The van der Waals surface area contributed by atoms with E-state index in [1.54, 1.807) is 18.2 Å². The van der Waals surface area contributed by atoms with Gasteiger partial charge in [-0.3, -0.25) is 0 Å². The van der Waals surface area contributed by atoms with Gasteiger partial charge in [-0.1, -0.05) is 0 Å². The van der Waals surface area contributed by atoms with Gasteiger partial charge in [0, 0.05) is 0 Å². The first kappa shape index (κ1) is 25.7. The fourth-order valence-corrected chi connectivity index (χ4v) is 11.3. The summed E-state index contributed by atoms with van der Waals surface area (Å²) in [6.07, 6.45) is 5.45. The zero-order valence-corrected chi connectivity index (χ0v) is 22.7. The van der Waals surface area contributed by atoms with Gasteiger partial charge in [0.25, 0.3) is 0 Å². The van der Waals surface area contributed by atoms with E-state index in [1.165, 1.54) is 12.1 Å². The van der Waals surface area contributed by atoms with Crippen molar-refractivity contribution in [2.24, 2.45) is 0 Å². The maximum absolute atomic E-state index is 14.0. The Morgan fingerprint density at radius 3 is 2.77 bits per heavy atom. The summed E-state index contributed by atoms with van der Waals surface area (Å²) in [5.41, 5.74) is 0.912. The summed E-state index contributed by atoms with van der Waals surface area (Å²) in [5.74, 6) is -1.47. The van der Waals surface area contributed by atoms with Gasteiger partial charge in [0.15, 0.2) is 0 Å². The number of hydrogen-bond donors (Lipinski definition) is 1. The zero-order chi connectivity index (χ0) is 25.2. The van der Waals surface area contributed by atoms with E-state index in [0.717, 1.165) is 38.5 Å². The summed E-state index contributed by atoms with van der Waals surface area (Å²) in [6.45, 7) is 7.59. The number of anilines is 1. The normalized spacial score (nSPS) is 17.8. The monoisotopic (exact) mass is 564 g/mol. The second-order valence-electron chi connectivity index (χ2n) is 8.62. The molecule has 0 aliphatic carbocycles. The first-order chi connectivity index (χ1) is 16.7. The van der Waals surface area contributed by atoms with Gasteiger partial charge in [-0.25, -0.2) is 0 Å². The van der Waals surface area contributed by atoms with Crippen LogP contribution in [0.1, 0.15) is 42.6 Å². The van der Waals surface area contributed by atoms with Crippen molar-refractivity contribution >= 4 is 44.8 Å². The summed E-state index contributed by atoms with van der Waals surface area (Å²) in [7, 11) is -3.86. The third kappa shape index (κ3) is 5.42. The number of benzene rings is 2. The van der Waals surface area contributed by atoms with Crippen LogP contribution >= 0.6 is 0 Å². The number of hydrogen-bond acceptors (Lipinski definition) is 6. The maximum atomic E-state index is 14.0. The van der Waals surface area contributed by atoms with E-state index < -0.39 is 34.5 Å². The van der Waals surface area contributed by atoms with Crippen molar-refractivity contribution in [2.45, 2.75) is 37.6 Å². The van der Waals surface area contributed by atoms with Crippen LogP contribution in [0.4, 0.5) is 10.1 Å². The molecule has 0 amide bonds. The summed E-state index contributed by atoms with van der Waals surface area (Å²) < 4.78 is 47.2. The van der Waals surface area contributed by atoms with Gasteiger partial charge in [0.1, 0.15) is 0 Å². The van der Waals surface area contributed by atoms with Crippen LogP contribution in [0, 0.1) is 5.82 Å². The van der Waals surface area contributed by atoms with Gasteiger partial charge >= 0.3 is 212 Å². The summed E-state index contributed by atoms with van der Waals surface area (Å²) in [5, 5.41) is 10.00. The molecule has 10 heteroatoms. The molecule has 0 saturated carbocycles. The number of nitrogens with zero attached hydrogens (tertiary/aromatic N) is 2. The van der Waals surface area contributed by atoms with Gasteiger partial charge in [-0.2, -0.15) is 0 Å². The Kier molecular flexibility index (Phi) is 7.89. The van der Waals surface area contributed by atoms with Gasteiger partial charge in [-0.15, -0.1) is 0 Å². The first-order valence-corrected chi connectivity index (χ1v) is 16.9. The molecule has 1 fully saturated rings. The molecule has 2 aliphatic heterocycles. The fraction of sp³-hybridized carbons (Fsp3) is 0.400. The number of likely N-dealkylation sites (N-methyl/N-ethyl adjacent to an activating group) is 1. The number of halogens is 1. The number of fused-ring (bicyclic) bond motifs is 3. The molecule has 0 aromatic heterocycles. The standard InChI is InChI=1S/C25H30AsFN2O5S/c1-3-28(4-2)13-5-7-17-15-18(27)9-12-22(17)35(32,33)26-20-10-11-21-24(23(20)25(30)31)34-16-19-8-6-14-29(19)21/h5,7,9-12,15,19,26H,3-4,6,8,13-14,16H2,1-2H3,(H,30,31)/b7-5-/t19-/m1/s1. The molecular formula is C25H30AsFN2O5S. The third-order valence-corrected chi connectivity index (χ3v) is 13.3. The van der Waals surface area contributed by atoms with E-state index in [4.69, 9.17) is 4.74 Å². The van der Waals surface area contributed by atoms with Gasteiger partial charge in [0.05, 0.1) is 0 Å². The predicted molar refractivity (Wildman–Crippen MR) is 136 cm³/mol. The number of aromatic carboxylic acids is 1. The van der Waals surface area contributed by atoms with Crippen LogP contribution in [0.5, 0.6) is 5.75 Å². The molecule has 0 bridgehead atoms. The summed E-state index contributed by atoms with van der Waals surface area (Å²) in [6, 6.07) is 7.23. The molecule has 2 aromatic rings.